The minimum atomic E-state index is 0.180. The zero-order valence-electron chi connectivity index (χ0n) is 17.6. The van der Waals surface area contributed by atoms with Gasteiger partial charge in [0, 0.05) is 11.1 Å². The molecule has 6 rings (SSSR count). The van der Waals surface area contributed by atoms with Crippen molar-refractivity contribution < 1.29 is 0 Å². The lowest BCUT2D eigenvalue weighted by atomic mass is 9.99. The molecule has 0 saturated heterocycles. The largest absolute Gasteiger partial charge is 0.226 e. The number of hydrogen-bond donors (Lipinski definition) is 0. The Labute approximate surface area is 196 Å². The van der Waals surface area contributed by atoms with Gasteiger partial charge in [-0.2, -0.15) is 9.97 Å². The number of benzene rings is 5. The second-order valence-corrected chi connectivity index (χ2v) is 8.29. The molecule has 0 spiro atoms. The molecule has 0 amide bonds. The van der Waals surface area contributed by atoms with Crippen LogP contribution in [0.2, 0.25) is 5.28 Å². The molecule has 0 aliphatic heterocycles. The summed E-state index contributed by atoms with van der Waals surface area (Å²) < 4.78 is 0. The Bertz CT molecular complexity index is 1640. The molecule has 156 valence electrons. The van der Waals surface area contributed by atoms with Crippen LogP contribution in [0.5, 0.6) is 0 Å². The number of nitrogens with zero attached hydrogens (tertiary/aromatic N) is 3. The zero-order chi connectivity index (χ0) is 22.2. The van der Waals surface area contributed by atoms with Crippen molar-refractivity contribution in [2.24, 2.45) is 0 Å². The molecule has 0 fully saturated rings. The van der Waals surface area contributed by atoms with Gasteiger partial charge >= 0.3 is 0 Å². The van der Waals surface area contributed by atoms with Gasteiger partial charge in [-0.1, -0.05) is 91.0 Å². The van der Waals surface area contributed by atoms with E-state index < -0.39 is 0 Å². The van der Waals surface area contributed by atoms with Crippen molar-refractivity contribution >= 4 is 33.1 Å². The summed E-state index contributed by atoms with van der Waals surface area (Å²) in [6.07, 6.45) is 0. The zero-order valence-corrected chi connectivity index (χ0v) is 18.4. The minimum absolute atomic E-state index is 0.180. The van der Waals surface area contributed by atoms with Crippen LogP contribution in [0.3, 0.4) is 0 Å². The van der Waals surface area contributed by atoms with Crippen molar-refractivity contribution in [2.75, 3.05) is 0 Å². The Kier molecular flexibility index (Phi) is 4.82. The summed E-state index contributed by atoms with van der Waals surface area (Å²) in [5.74, 6) is 1.12. The molecule has 33 heavy (non-hydrogen) atoms. The Morgan fingerprint density at radius 2 is 0.879 bits per heavy atom. The molecule has 0 aliphatic rings. The van der Waals surface area contributed by atoms with Gasteiger partial charge in [-0.05, 0) is 62.5 Å². The van der Waals surface area contributed by atoms with E-state index in [1.54, 1.807) is 0 Å². The SMILES string of the molecule is Clc1nc(-c2cccc(-c3ccc4ccccc4c3)c2)nc(-c2ccc3ccccc3c2)n1. The maximum absolute atomic E-state index is 6.33. The fourth-order valence-corrected chi connectivity index (χ4v) is 4.30. The van der Waals surface area contributed by atoms with E-state index in [-0.39, 0.29) is 5.28 Å². The second kappa shape index (κ2) is 8.12. The average molecular weight is 444 g/mol. The molecule has 0 aliphatic carbocycles. The average Bonchev–Trinajstić information content (AvgIpc) is 2.88. The first-order valence-electron chi connectivity index (χ1n) is 10.7. The van der Waals surface area contributed by atoms with Crippen LogP contribution in [0.15, 0.2) is 109 Å². The van der Waals surface area contributed by atoms with Crippen molar-refractivity contribution in [3.63, 3.8) is 0 Å². The third kappa shape index (κ3) is 3.84. The first kappa shape index (κ1) is 19.6. The van der Waals surface area contributed by atoms with Crippen LogP contribution in [-0.4, -0.2) is 15.0 Å². The molecule has 0 atom stereocenters. The van der Waals surface area contributed by atoms with Gasteiger partial charge in [0.15, 0.2) is 11.6 Å². The van der Waals surface area contributed by atoms with Gasteiger partial charge in [0.05, 0.1) is 0 Å². The van der Waals surface area contributed by atoms with Gasteiger partial charge in [-0.25, -0.2) is 4.98 Å². The van der Waals surface area contributed by atoms with Crippen LogP contribution >= 0.6 is 11.6 Å². The van der Waals surface area contributed by atoms with Gasteiger partial charge in [-0.15, -0.1) is 0 Å². The van der Waals surface area contributed by atoms with E-state index in [0.29, 0.717) is 11.6 Å². The molecular weight excluding hydrogens is 426 g/mol. The van der Waals surface area contributed by atoms with Crippen LogP contribution in [0.25, 0.3) is 55.4 Å². The Morgan fingerprint density at radius 1 is 0.394 bits per heavy atom. The number of aromatic nitrogens is 3. The molecule has 0 N–H and O–H groups in total. The fourth-order valence-electron chi connectivity index (χ4n) is 4.14. The highest BCUT2D eigenvalue weighted by Gasteiger charge is 2.11. The van der Waals surface area contributed by atoms with Crippen LogP contribution in [0.1, 0.15) is 0 Å². The van der Waals surface area contributed by atoms with E-state index >= 15 is 0 Å². The fraction of sp³-hybridized carbons (Fsp3) is 0. The molecule has 0 radical (unpaired) electrons. The quantitative estimate of drug-likeness (QED) is 0.279. The molecule has 1 aromatic heterocycles. The lowest BCUT2D eigenvalue weighted by Crippen LogP contribution is -1.97. The predicted octanol–water partition coefficient (Wildman–Crippen LogP) is 7.83. The van der Waals surface area contributed by atoms with Gasteiger partial charge in [-0.3, -0.25) is 0 Å². The molecule has 0 bridgehead atoms. The summed E-state index contributed by atoms with van der Waals surface area (Å²) in [4.78, 5) is 13.6. The van der Waals surface area contributed by atoms with Crippen LogP contribution in [0.4, 0.5) is 0 Å². The Hall–Kier alpha value is -4.08. The molecule has 5 aromatic carbocycles. The van der Waals surface area contributed by atoms with E-state index in [2.05, 4.69) is 88.8 Å². The van der Waals surface area contributed by atoms with Crippen LogP contribution < -0.4 is 0 Å². The molecule has 6 aromatic rings. The van der Waals surface area contributed by atoms with Gasteiger partial charge in [0.25, 0.3) is 0 Å². The van der Waals surface area contributed by atoms with E-state index in [1.807, 2.05) is 30.3 Å². The molecule has 0 unspecified atom stereocenters. The highest BCUT2D eigenvalue weighted by Crippen LogP contribution is 2.29. The van der Waals surface area contributed by atoms with Gasteiger partial charge < -0.3 is 0 Å². The van der Waals surface area contributed by atoms with Crippen molar-refractivity contribution in [3.05, 3.63) is 114 Å². The van der Waals surface area contributed by atoms with Gasteiger partial charge in [0.1, 0.15) is 0 Å². The summed E-state index contributed by atoms with van der Waals surface area (Å²) in [6, 6.07) is 37.5. The molecule has 3 nitrogen and oxygen atoms in total. The van der Waals surface area contributed by atoms with E-state index in [1.165, 1.54) is 16.2 Å². The Balaban J connectivity index is 1.42. The maximum atomic E-state index is 6.33. The maximum Gasteiger partial charge on any atom is 0.226 e. The van der Waals surface area contributed by atoms with E-state index in [4.69, 9.17) is 16.6 Å². The number of hydrogen-bond acceptors (Lipinski definition) is 3. The summed E-state index contributed by atoms with van der Waals surface area (Å²) in [5.41, 5.74) is 4.05. The third-order valence-electron chi connectivity index (χ3n) is 5.82. The standard InChI is InChI=1S/C29H18ClN3/c30-29-32-27(31-28(33-29)26-15-13-20-7-2-4-9-22(20)17-26)25-11-5-10-23(18-25)24-14-12-19-6-1-3-8-21(19)16-24/h1-18H. The number of fused-ring (bicyclic) bond motifs is 2. The highest BCUT2D eigenvalue weighted by atomic mass is 35.5. The molecule has 0 saturated carbocycles. The smallest absolute Gasteiger partial charge is 0.208 e. The molecule has 1 heterocycles. The predicted molar refractivity (Wildman–Crippen MR) is 136 cm³/mol. The molecular formula is C29H18ClN3. The van der Waals surface area contributed by atoms with E-state index in [0.717, 1.165) is 27.6 Å². The van der Waals surface area contributed by atoms with Gasteiger partial charge in [0.2, 0.25) is 5.28 Å². The Morgan fingerprint density at radius 3 is 1.55 bits per heavy atom. The number of halogens is 1. The summed E-state index contributed by atoms with van der Waals surface area (Å²) in [7, 11) is 0. The van der Waals surface area contributed by atoms with E-state index in [9.17, 15) is 0 Å². The normalized spacial score (nSPS) is 11.2. The van der Waals surface area contributed by atoms with Crippen molar-refractivity contribution in [3.8, 4) is 33.9 Å². The summed E-state index contributed by atoms with van der Waals surface area (Å²) in [6.45, 7) is 0. The number of rotatable bonds is 3. The monoisotopic (exact) mass is 443 g/mol. The van der Waals surface area contributed by atoms with Crippen LogP contribution in [0, 0.1) is 0 Å². The van der Waals surface area contributed by atoms with Crippen LogP contribution in [-0.2, 0) is 0 Å². The lowest BCUT2D eigenvalue weighted by Gasteiger charge is -2.08. The van der Waals surface area contributed by atoms with Crippen molar-refractivity contribution in [1.82, 2.24) is 15.0 Å². The lowest BCUT2D eigenvalue weighted by molar-refractivity contribution is 1.07. The van der Waals surface area contributed by atoms with Crippen molar-refractivity contribution in [2.45, 2.75) is 0 Å². The minimum Gasteiger partial charge on any atom is -0.208 e. The summed E-state index contributed by atoms with van der Waals surface area (Å²) in [5, 5.41) is 4.92. The third-order valence-corrected chi connectivity index (χ3v) is 5.99. The molecule has 4 heteroatoms. The second-order valence-electron chi connectivity index (χ2n) is 7.96. The first-order chi connectivity index (χ1) is 16.2. The van der Waals surface area contributed by atoms with Crippen molar-refractivity contribution in [1.29, 1.82) is 0 Å². The first-order valence-corrected chi connectivity index (χ1v) is 11.1. The summed E-state index contributed by atoms with van der Waals surface area (Å²) >= 11 is 6.33. The topological polar surface area (TPSA) is 38.7 Å². The highest BCUT2D eigenvalue weighted by molar-refractivity contribution is 6.28.